The molecule has 28 heavy (non-hydrogen) atoms. The van der Waals surface area contributed by atoms with Gasteiger partial charge in [0.15, 0.2) is 5.13 Å². The highest BCUT2D eigenvalue weighted by atomic mass is 32.2. The summed E-state index contributed by atoms with van der Waals surface area (Å²) in [6.07, 6.45) is 3.55. The molecule has 142 valence electrons. The predicted molar refractivity (Wildman–Crippen MR) is 111 cm³/mol. The van der Waals surface area contributed by atoms with Crippen molar-refractivity contribution < 1.29 is 9.18 Å². The van der Waals surface area contributed by atoms with Gasteiger partial charge in [-0.3, -0.25) is 14.4 Å². The Balaban J connectivity index is 1.56. The number of para-hydroxylation sites is 1. The Kier molecular flexibility index (Phi) is 5.68. The lowest BCUT2D eigenvalue weighted by Crippen LogP contribution is -2.35. The van der Waals surface area contributed by atoms with Gasteiger partial charge in [-0.1, -0.05) is 35.6 Å². The number of hydrogen-bond acceptors (Lipinski definition) is 5. The predicted octanol–water partition coefficient (Wildman–Crippen LogP) is 4.46. The summed E-state index contributed by atoms with van der Waals surface area (Å²) in [4.78, 5) is 20.0. The number of rotatable bonds is 7. The Morgan fingerprint density at radius 2 is 2.00 bits per heavy atom. The maximum absolute atomic E-state index is 14.1. The van der Waals surface area contributed by atoms with Crippen LogP contribution < -0.4 is 4.90 Å². The molecule has 4 aromatic rings. The first-order valence-corrected chi connectivity index (χ1v) is 10.5. The molecule has 8 heteroatoms. The Morgan fingerprint density at radius 1 is 1.14 bits per heavy atom. The molecule has 0 aliphatic rings. The summed E-state index contributed by atoms with van der Waals surface area (Å²) in [5.41, 5.74) is 0.301. The fourth-order valence-corrected chi connectivity index (χ4v) is 4.54. The number of fused-ring (bicyclic) bond motifs is 1. The van der Waals surface area contributed by atoms with Crippen LogP contribution in [0.3, 0.4) is 0 Å². The number of halogens is 1. The number of carbonyl (C=O) groups is 1. The third kappa shape index (κ3) is 4.23. The van der Waals surface area contributed by atoms with Gasteiger partial charge in [-0.05, 0) is 30.3 Å². The molecule has 0 spiro atoms. The lowest BCUT2D eigenvalue weighted by atomic mass is 10.3. The smallest absolute Gasteiger partial charge is 0.239 e. The first kappa shape index (κ1) is 18.6. The van der Waals surface area contributed by atoms with Gasteiger partial charge in [-0.25, -0.2) is 9.37 Å². The SMILES string of the molecule is O=C(CSc1ccccc1)N(CCn1cccn1)c1nc2c(F)cccc2s1. The summed E-state index contributed by atoms with van der Waals surface area (Å²) in [6.45, 7) is 0.949. The van der Waals surface area contributed by atoms with Crippen molar-refractivity contribution in [2.24, 2.45) is 0 Å². The van der Waals surface area contributed by atoms with Gasteiger partial charge in [0.1, 0.15) is 11.3 Å². The van der Waals surface area contributed by atoms with E-state index in [9.17, 15) is 9.18 Å². The molecule has 1 amide bonds. The molecule has 0 unspecified atom stereocenters. The van der Waals surface area contributed by atoms with Crippen molar-refractivity contribution in [1.82, 2.24) is 14.8 Å². The number of anilines is 1. The number of carbonyl (C=O) groups excluding carboxylic acids is 1. The zero-order chi connectivity index (χ0) is 19.3. The van der Waals surface area contributed by atoms with Gasteiger partial charge in [0, 0.05) is 23.8 Å². The molecule has 0 fully saturated rings. The van der Waals surface area contributed by atoms with Crippen molar-refractivity contribution in [3.63, 3.8) is 0 Å². The Hall–Kier alpha value is -2.71. The van der Waals surface area contributed by atoms with Crippen LogP contribution >= 0.6 is 23.1 Å². The van der Waals surface area contributed by atoms with Crippen molar-refractivity contribution in [1.29, 1.82) is 0 Å². The van der Waals surface area contributed by atoms with E-state index < -0.39 is 0 Å². The van der Waals surface area contributed by atoms with E-state index in [1.54, 1.807) is 21.8 Å². The van der Waals surface area contributed by atoms with Crippen molar-refractivity contribution in [2.45, 2.75) is 11.4 Å². The second-order valence-corrected chi connectivity index (χ2v) is 8.06. The maximum atomic E-state index is 14.1. The zero-order valence-corrected chi connectivity index (χ0v) is 16.5. The Bertz CT molecular complexity index is 1070. The van der Waals surface area contributed by atoms with Crippen molar-refractivity contribution in [3.8, 4) is 0 Å². The molecule has 0 aliphatic carbocycles. The maximum Gasteiger partial charge on any atom is 0.239 e. The lowest BCUT2D eigenvalue weighted by Gasteiger charge is -2.19. The highest BCUT2D eigenvalue weighted by Gasteiger charge is 2.21. The molecule has 0 saturated heterocycles. The third-order valence-electron chi connectivity index (χ3n) is 4.11. The van der Waals surface area contributed by atoms with Crippen LogP contribution in [0.25, 0.3) is 10.2 Å². The number of aromatic nitrogens is 3. The highest BCUT2D eigenvalue weighted by molar-refractivity contribution is 8.00. The molecule has 0 radical (unpaired) electrons. The minimum absolute atomic E-state index is 0.0690. The molecule has 0 saturated carbocycles. The summed E-state index contributed by atoms with van der Waals surface area (Å²) >= 11 is 2.80. The number of nitrogens with zero attached hydrogens (tertiary/aromatic N) is 4. The molecule has 2 heterocycles. The van der Waals surface area contributed by atoms with Crippen LogP contribution in [-0.4, -0.2) is 33.0 Å². The minimum atomic E-state index is -0.377. The van der Waals surface area contributed by atoms with Gasteiger partial charge < -0.3 is 0 Å². The van der Waals surface area contributed by atoms with Crippen LogP contribution in [0.4, 0.5) is 9.52 Å². The molecular weight excluding hydrogens is 395 g/mol. The topological polar surface area (TPSA) is 51.0 Å². The van der Waals surface area contributed by atoms with Crippen molar-refractivity contribution in [3.05, 3.63) is 72.8 Å². The number of thiazole rings is 1. The van der Waals surface area contributed by atoms with E-state index in [1.165, 1.54) is 29.2 Å². The van der Waals surface area contributed by atoms with Crippen LogP contribution in [-0.2, 0) is 11.3 Å². The molecular formula is C20H17FN4OS2. The first-order chi connectivity index (χ1) is 13.7. The Labute approximate surface area is 169 Å². The van der Waals surface area contributed by atoms with Crippen molar-refractivity contribution in [2.75, 3.05) is 17.2 Å². The number of benzene rings is 2. The normalized spacial score (nSPS) is 11.0. The molecule has 0 N–H and O–H groups in total. The van der Waals surface area contributed by atoms with Gasteiger partial charge in [0.2, 0.25) is 5.91 Å². The third-order valence-corrected chi connectivity index (χ3v) is 6.15. The molecule has 0 bridgehead atoms. The number of thioether (sulfide) groups is 1. The second-order valence-electron chi connectivity index (χ2n) is 6.00. The van der Waals surface area contributed by atoms with E-state index in [1.807, 2.05) is 48.7 Å². The highest BCUT2D eigenvalue weighted by Crippen LogP contribution is 2.31. The molecule has 0 aliphatic heterocycles. The number of amides is 1. The van der Waals surface area contributed by atoms with Gasteiger partial charge in [-0.2, -0.15) is 5.10 Å². The quantitative estimate of drug-likeness (QED) is 0.421. The van der Waals surface area contributed by atoms with E-state index in [2.05, 4.69) is 10.1 Å². The van der Waals surface area contributed by atoms with Crippen LogP contribution in [0.2, 0.25) is 0 Å². The Morgan fingerprint density at radius 3 is 2.75 bits per heavy atom. The lowest BCUT2D eigenvalue weighted by molar-refractivity contribution is -0.116. The first-order valence-electron chi connectivity index (χ1n) is 8.71. The zero-order valence-electron chi connectivity index (χ0n) is 14.9. The average Bonchev–Trinajstić information content (AvgIpc) is 3.38. The standard InChI is InChI=1S/C20H17FN4OS2/c21-16-8-4-9-17-19(16)23-20(28-17)25(13-12-24-11-5-10-22-24)18(26)14-27-15-6-2-1-3-7-15/h1-11H,12-14H2. The van der Waals surface area contributed by atoms with Crippen LogP contribution in [0.15, 0.2) is 71.9 Å². The number of hydrogen-bond donors (Lipinski definition) is 0. The van der Waals surface area contributed by atoms with Crippen LogP contribution in [0.1, 0.15) is 0 Å². The summed E-state index contributed by atoms with van der Waals surface area (Å²) in [5.74, 6) is -0.166. The summed E-state index contributed by atoms with van der Waals surface area (Å²) in [5, 5.41) is 4.69. The van der Waals surface area contributed by atoms with Gasteiger partial charge in [0.05, 0.1) is 17.0 Å². The fraction of sp³-hybridized carbons (Fsp3) is 0.150. The van der Waals surface area contributed by atoms with E-state index >= 15 is 0 Å². The molecule has 0 atom stereocenters. The fourth-order valence-electron chi connectivity index (χ4n) is 2.72. The molecule has 2 aromatic heterocycles. The van der Waals surface area contributed by atoms with Gasteiger partial charge >= 0.3 is 0 Å². The summed E-state index contributed by atoms with van der Waals surface area (Å²) < 4.78 is 16.6. The summed E-state index contributed by atoms with van der Waals surface area (Å²) in [7, 11) is 0. The van der Waals surface area contributed by atoms with Gasteiger partial charge in [0.25, 0.3) is 0 Å². The summed E-state index contributed by atoms with van der Waals surface area (Å²) in [6, 6.07) is 16.5. The van der Waals surface area contributed by atoms with Crippen LogP contribution in [0, 0.1) is 5.82 Å². The van der Waals surface area contributed by atoms with E-state index in [-0.39, 0.29) is 17.5 Å². The monoisotopic (exact) mass is 412 g/mol. The molecule has 2 aromatic carbocycles. The van der Waals surface area contributed by atoms with E-state index in [0.717, 1.165) is 9.60 Å². The second kappa shape index (κ2) is 8.53. The van der Waals surface area contributed by atoms with Crippen molar-refractivity contribution >= 4 is 44.4 Å². The molecule has 5 nitrogen and oxygen atoms in total. The van der Waals surface area contributed by atoms with E-state index in [4.69, 9.17) is 0 Å². The minimum Gasteiger partial charge on any atom is -0.285 e. The average molecular weight is 413 g/mol. The largest absolute Gasteiger partial charge is 0.285 e. The van der Waals surface area contributed by atoms with Crippen LogP contribution in [0.5, 0.6) is 0 Å². The molecule has 4 rings (SSSR count). The van der Waals surface area contributed by atoms with E-state index in [0.29, 0.717) is 23.7 Å². The van der Waals surface area contributed by atoms with Gasteiger partial charge in [-0.15, -0.1) is 11.8 Å².